The van der Waals surface area contributed by atoms with Crippen molar-refractivity contribution in [1.29, 1.82) is 0 Å². The predicted molar refractivity (Wildman–Crippen MR) is 80.5 cm³/mol. The number of carbonyl (C=O) groups excluding carboxylic acids is 1. The summed E-state index contributed by atoms with van der Waals surface area (Å²) in [6, 6.07) is 10.1. The van der Waals surface area contributed by atoms with Gasteiger partial charge in [0.05, 0.1) is 6.04 Å². The van der Waals surface area contributed by atoms with Gasteiger partial charge in [-0.05, 0) is 39.2 Å². The van der Waals surface area contributed by atoms with Gasteiger partial charge in [0.2, 0.25) is 0 Å². The third kappa shape index (κ3) is 2.30. The van der Waals surface area contributed by atoms with Crippen LogP contribution in [0.25, 0.3) is 0 Å². The van der Waals surface area contributed by atoms with Crippen LogP contribution in [0.1, 0.15) is 47.1 Å². The second-order valence-corrected chi connectivity index (χ2v) is 7.07. The lowest BCUT2D eigenvalue weighted by atomic mass is 9.80. The average molecular weight is 275 g/mol. The number of cyclic esters (lactones) is 1. The molecule has 1 unspecified atom stereocenters. The molecule has 2 rings (SSSR count). The number of hydrogen-bond donors (Lipinski definition) is 0. The maximum absolute atomic E-state index is 12.4. The summed E-state index contributed by atoms with van der Waals surface area (Å²) in [4.78, 5) is 14.3. The van der Waals surface area contributed by atoms with E-state index in [0.29, 0.717) is 5.92 Å². The van der Waals surface area contributed by atoms with Crippen molar-refractivity contribution in [3.05, 3.63) is 35.9 Å². The van der Waals surface area contributed by atoms with Gasteiger partial charge in [0.15, 0.2) is 5.60 Å². The Balaban J connectivity index is 2.52. The smallest absolute Gasteiger partial charge is 0.411 e. The van der Waals surface area contributed by atoms with E-state index in [4.69, 9.17) is 4.74 Å². The standard InChI is InChI=1S/C17H25NO2/c1-12(2)14-17(6,13-10-8-7-9-11-13)20-15(19)18(14)16(3,4)5/h7-12,14H,1-6H3/t14-,17?/m0/s1. The molecule has 110 valence electrons. The minimum absolute atomic E-state index is 0.0254. The normalized spacial score (nSPS) is 27.1. The number of hydrogen-bond acceptors (Lipinski definition) is 2. The molecule has 1 amide bonds. The van der Waals surface area contributed by atoms with E-state index in [9.17, 15) is 4.79 Å². The van der Waals surface area contributed by atoms with E-state index < -0.39 is 5.60 Å². The maximum Gasteiger partial charge on any atom is 0.411 e. The van der Waals surface area contributed by atoms with Crippen molar-refractivity contribution in [2.24, 2.45) is 5.92 Å². The molecule has 1 heterocycles. The number of benzene rings is 1. The molecular formula is C17H25NO2. The van der Waals surface area contributed by atoms with Gasteiger partial charge >= 0.3 is 6.09 Å². The Kier molecular flexibility index (Phi) is 3.57. The molecule has 1 aromatic carbocycles. The third-order valence-corrected chi connectivity index (χ3v) is 4.04. The molecule has 0 aromatic heterocycles. The molecule has 1 aliphatic heterocycles. The summed E-state index contributed by atoms with van der Waals surface area (Å²) >= 11 is 0. The van der Waals surface area contributed by atoms with Crippen LogP contribution in [0.2, 0.25) is 0 Å². The zero-order chi connectivity index (χ0) is 15.1. The van der Waals surface area contributed by atoms with Crippen molar-refractivity contribution < 1.29 is 9.53 Å². The Bertz CT molecular complexity index is 489. The highest BCUT2D eigenvalue weighted by Crippen LogP contribution is 2.44. The molecule has 2 atom stereocenters. The first-order valence-electron chi connectivity index (χ1n) is 7.26. The van der Waals surface area contributed by atoms with Crippen LogP contribution in [0.5, 0.6) is 0 Å². The van der Waals surface area contributed by atoms with Crippen LogP contribution in [-0.4, -0.2) is 22.6 Å². The van der Waals surface area contributed by atoms with Crippen molar-refractivity contribution in [1.82, 2.24) is 4.90 Å². The minimum Gasteiger partial charge on any atom is -0.436 e. The van der Waals surface area contributed by atoms with E-state index >= 15 is 0 Å². The zero-order valence-corrected chi connectivity index (χ0v) is 13.3. The molecule has 20 heavy (non-hydrogen) atoms. The van der Waals surface area contributed by atoms with E-state index in [1.54, 1.807) is 0 Å². The second-order valence-electron chi connectivity index (χ2n) is 7.07. The quantitative estimate of drug-likeness (QED) is 0.810. The monoisotopic (exact) mass is 275 g/mol. The van der Waals surface area contributed by atoms with Gasteiger partial charge in [0, 0.05) is 5.54 Å². The number of rotatable bonds is 2. The summed E-state index contributed by atoms with van der Waals surface area (Å²) in [5.74, 6) is 0.311. The molecule has 0 N–H and O–H groups in total. The van der Waals surface area contributed by atoms with Crippen molar-refractivity contribution in [3.8, 4) is 0 Å². The summed E-state index contributed by atoms with van der Waals surface area (Å²) in [6.45, 7) is 12.5. The number of amides is 1. The van der Waals surface area contributed by atoms with Crippen LogP contribution in [0.15, 0.2) is 30.3 Å². The van der Waals surface area contributed by atoms with Crippen molar-refractivity contribution in [2.75, 3.05) is 0 Å². The van der Waals surface area contributed by atoms with Crippen LogP contribution in [0.4, 0.5) is 4.79 Å². The summed E-state index contributed by atoms with van der Waals surface area (Å²) in [5, 5.41) is 0. The molecule has 0 aliphatic carbocycles. The highest BCUT2D eigenvalue weighted by molar-refractivity contribution is 5.73. The molecule has 1 aromatic rings. The van der Waals surface area contributed by atoms with Crippen molar-refractivity contribution in [3.63, 3.8) is 0 Å². The Morgan fingerprint density at radius 3 is 2.20 bits per heavy atom. The number of carbonyl (C=O) groups is 1. The predicted octanol–water partition coefficient (Wildman–Crippen LogP) is 4.18. The molecule has 1 aliphatic rings. The van der Waals surface area contributed by atoms with Crippen LogP contribution in [-0.2, 0) is 10.3 Å². The fourth-order valence-corrected chi connectivity index (χ4v) is 3.27. The van der Waals surface area contributed by atoms with Crippen molar-refractivity contribution in [2.45, 2.75) is 58.7 Å². The average Bonchev–Trinajstić information content (AvgIpc) is 2.63. The third-order valence-electron chi connectivity index (χ3n) is 4.04. The lowest BCUT2D eigenvalue weighted by molar-refractivity contribution is 0.0281. The number of nitrogens with zero attached hydrogens (tertiary/aromatic N) is 1. The fraction of sp³-hybridized carbons (Fsp3) is 0.588. The lowest BCUT2D eigenvalue weighted by Gasteiger charge is -2.40. The van der Waals surface area contributed by atoms with Gasteiger partial charge < -0.3 is 4.74 Å². The summed E-state index contributed by atoms with van der Waals surface area (Å²) < 4.78 is 5.83. The van der Waals surface area contributed by atoms with Gasteiger partial charge in [-0.2, -0.15) is 0 Å². The molecule has 3 nitrogen and oxygen atoms in total. The van der Waals surface area contributed by atoms with E-state index in [1.807, 2.05) is 42.2 Å². The Morgan fingerprint density at radius 2 is 1.75 bits per heavy atom. The second kappa shape index (κ2) is 4.80. The molecule has 0 spiro atoms. The van der Waals surface area contributed by atoms with Crippen LogP contribution < -0.4 is 0 Å². The van der Waals surface area contributed by atoms with Gasteiger partial charge in [-0.1, -0.05) is 44.2 Å². The molecule has 1 saturated heterocycles. The molecule has 0 bridgehead atoms. The summed E-state index contributed by atoms with van der Waals surface area (Å²) in [7, 11) is 0. The van der Waals surface area contributed by atoms with E-state index in [-0.39, 0.29) is 17.7 Å². The first kappa shape index (κ1) is 14.9. The highest BCUT2D eigenvalue weighted by Gasteiger charge is 2.55. The first-order chi connectivity index (χ1) is 9.18. The lowest BCUT2D eigenvalue weighted by Crippen LogP contribution is -2.53. The Hall–Kier alpha value is -1.51. The Labute approximate surface area is 121 Å². The van der Waals surface area contributed by atoms with E-state index in [1.165, 1.54) is 0 Å². The first-order valence-corrected chi connectivity index (χ1v) is 7.26. The minimum atomic E-state index is -0.597. The fourth-order valence-electron chi connectivity index (χ4n) is 3.27. The van der Waals surface area contributed by atoms with Gasteiger partial charge in [0.25, 0.3) is 0 Å². The zero-order valence-electron chi connectivity index (χ0n) is 13.3. The highest BCUT2D eigenvalue weighted by atomic mass is 16.6. The summed E-state index contributed by atoms with van der Waals surface area (Å²) in [5.41, 5.74) is 0.206. The van der Waals surface area contributed by atoms with Gasteiger partial charge in [-0.25, -0.2) is 4.79 Å². The van der Waals surface area contributed by atoms with Gasteiger partial charge in [-0.15, -0.1) is 0 Å². The van der Waals surface area contributed by atoms with Crippen LogP contribution in [0, 0.1) is 5.92 Å². The molecule has 0 saturated carbocycles. The largest absolute Gasteiger partial charge is 0.436 e. The number of ether oxygens (including phenoxy) is 1. The maximum atomic E-state index is 12.4. The van der Waals surface area contributed by atoms with E-state index in [0.717, 1.165) is 5.56 Å². The topological polar surface area (TPSA) is 29.5 Å². The van der Waals surface area contributed by atoms with Crippen molar-refractivity contribution >= 4 is 6.09 Å². The molecule has 0 radical (unpaired) electrons. The SMILES string of the molecule is CC(C)[C@@H]1N(C(C)(C)C)C(=O)OC1(C)c1ccccc1. The van der Waals surface area contributed by atoms with Crippen LogP contribution in [0.3, 0.4) is 0 Å². The van der Waals surface area contributed by atoms with Gasteiger partial charge in [0.1, 0.15) is 0 Å². The Morgan fingerprint density at radius 1 is 1.20 bits per heavy atom. The van der Waals surface area contributed by atoms with Gasteiger partial charge in [-0.3, -0.25) is 4.90 Å². The van der Waals surface area contributed by atoms with Crippen LogP contribution >= 0.6 is 0 Å². The molecule has 1 fully saturated rings. The molecular weight excluding hydrogens is 250 g/mol. The van der Waals surface area contributed by atoms with E-state index in [2.05, 4.69) is 34.6 Å². The molecule has 3 heteroatoms. The summed E-state index contributed by atoms with van der Waals surface area (Å²) in [6.07, 6.45) is -0.220.